The van der Waals surface area contributed by atoms with Crippen LogP contribution in [0.5, 0.6) is 5.75 Å². The molecule has 0 unspecified atom stereocenters. The Labute approximate surface area is 128 Å². The molecule has 0 aliphatic heterocycles. The topological polar surface area (TPSA) is 41.5 Å². The Kier molecular flexibility index (Phi) is 6.52. The van der Waals surface area contributed by atoms with Crippen molar-refractivity contribution in [3.05, 3.63) is 28.8 Å². The molecule has 0 bridgehead atoms. The molecular weight excluding hydrogens is 262 g/mol. The second-order valence-corrected chi connectivity index (χ2v) is 6.20. The zero-order valence-corrected chi connectivity index (χ0v) is 13.5. The van der Waals surface area contributed by atoms with Crippen LogP contribution in [-0.2, 0) is 6.54 Å². The number of hydrogen-bond acceptors (Lipinski definition) is 3. The second-order valence-electron chi connectivity index (χ2n) is 6.20. The second kappa shape index (κ2) is 8.40. The van der Waals surface area contributed by atoms with Gasteiger partial charge in [-0.3, -0.25) is 0 Å². The number of rotatable bonds is 10. The van der Waals surface area contributed by atoms with E-state index in [1.54, 1.807) is 0 Å². The molecule has 2 rings (SSSR count). The lowest BCUT2D eigenvalue weighted by molar-refractivity contribution is 0.272. The van der Waals surface area contributed by atoms with Crippen molar-refractivity contribution in [2.24, 2.45) is 0 Å². The van der Waals surface area contributed by atoms with Crippen molar-refractivity contribution in [3.63, 3.8) is 0 Å². The zero-order valence-electron chi connectivity index (χ0n) is 13.5. The molecule has 21 heavy (non-hydrogen) atoms. The van der Waals surface area contributed by atoms with Crippen LogP contribution >= 0.6 is 0 Å². The molecule has 1 aliphatic rings. The molecular formula is C18H29NO2. The van der Waals surface area contributed by atoms with E-state index in [-0.39, 0.29) is 0 Å². The molecule has 2 N–H and O–H groups in total. The summed E-state index contributed by atoms with van der Waals surface area (Å²) < 4.78 is 5.96. The van der Waals surface area contributed by atoms with Crippen LogP contribution in [0.25, 0.3) is 0 Å². The Morgan fingerprint density at radius 3 is 2.38 bits per heavy atom. The molecule has 3 nitrogen and oxygen atoms in total. The van der Waals surface area contributed by atoms with E-state index in [0.29, 0.717) is 6.61 Å². The van der Waals surface area contributed by atoms with Gasteiger partial charge in [0.1, 0.15) is 5.75 Å². The van der Waals surface area contributed by atoms with Gasteiger partial charge in [0.05, 0.1) is 6.61 Å². The number of aliphatic hydroxyl groups is 1. The summed E-state index contributed by atoms with van der Waals surface area (Å²) in [5, 5.41) is 12.3. The van der Waals surface area contributed by atoms with E-state index in [0.717, 1.165) is 50.6 Å². The third-order valence-electron chi connectivity index (χ3n) is 3.99. The summed E-state index contributed by atoms with van der Waals surface area (Å²) >= 11 is 0. The Bertz CT molecular complexity index is 418. The lowest BCUT2D eigenvalue weighted by atomic mass is 10.1. The molecule has 0 heterocycles. The van der Waals surface area contributed by atoms with E-state index < -0.39 is 0 Å². The highest BCUT2D eigenvalue weighted by Crippen LogP contribution is 2.26. The highest BCUT2D eigenvalue weighted by Gasteiger charge is 2.20. The first-order valence-corrected chi connectivity index (χ1v) is 8.28. The highest BCUT2D eigenvalue weighted by atomic mass is 16.5. The number of unbranched alkanes of at least 4 members (excludes halogenated alkanes) is 3. The van der Waals surface area contributed by atoms with Crippen LogP contribution in [0, 0.1) is 13.8 Å². The molecule has 0 radical (unpaired) electrons. The highest BCUT2D eigenvalue weighted by molar-refractivity contribution is 5.43. The fraction of sp³-hybridized carbons (Fsp3) is 0.667. The Balaban J connectivity index is 1.78. The number of aryl methyl sites for hydroxylation is 2. The van der Waals surface area contributed by atoms with Crippen molar-refractivity contribution >= 4 is 0 Å². The molecule has 0 saturated heterocycles. The number of benzene rings is 1. The van der Waals surface area contributed by atoms with Crippen molar-refractivity contribution in [1.82, 2.24) is 5.32 Å². The van der Waals surface area contributed by atoms with Gasteiger partial charge < -0.3 is 15.2 Å². The fourth-order valence-corrected chi connectivity index (χ4v) is 2.66. The van der Waals surface area contributed by atoms with Gasteiger partial charge in [0, 0.05) is 19.2 Å². The quantitative estimate of drug-likeness (QED) is 0.648. The normalized spacial score (nSPS) is 14.4. The van der Waals surface area contributed by atoms with Crippen LogP contribution in [0.4, 0.5) is 0 Å². The fourth-order valence-electron chi connectivity index (χ4n) is 2.66. The van der Waals surface area contributed by atoms with Gasteiger partial charge in [0.2, 0.25) is 0 Å². The van der Waals surface area contributed by atoms with Crippen molar-refractivity contribution in [1.29, 1.82) is 0 Å². The van der Waals surface area contributed by atoms with Crippen molar-refractivity contribution in [2.75, 3.05) is 13.2 Å². The van der Waals surface area contributed by atoms with Gasteiger partial charge in [-0.2, -0.15) is 0 Å². The standard InChI is InChI=1S/C18H29NO2/c1-14-11-16(13-19-17-7-8-17)12-15(2)18(14)21-10-6-4-3-5-9-20/h11-12,17,19-20H,3-10,13H2,1-2H3. The third kappa shape index (κ3) is 5.68. The largest absolute Gasteiger partial charge is 0.493 e. The van der Waals surface area contributed by atoms with Crippen LogP contribution in [0.2, 0.25) is 0 Å². The summed E-state index contributed by atoms with van der Waals surface area (Å²) in [6, 6.07) is 5.23. The molecule has 0 aromatic heterocycles. The average Bonchev–Trinajstić information content (AvgIpc) is 3.27. The third-order valence-corrected chi connectivity index (χ3v) is 3.99. The lowest BCUT2D eigenvalue weighted by Crippen LogP contribution is -2.15. The van der Waals surface area contributed by atoms with Crippen molar-refractivity contribution < 1.29 is 9.84 Å². The van der Waals surface area contributed by atoms with E-state index in [1.807, 2.05) is 0 Å². The molecule has 1 fully saturated rings. The van der Waals surface area contributed by atoms with E-state index >= 15 is 0 Å². The maximum Gasteiger partial charge on any atom is 0.125 e. The summed E-state index contributed by atoms with van der Waals surface area (Å²) in [7, 11) is 0. The van der Waals surface area contributed by atoms with E-state index in [4.69, 9.17) is 9.84 Å². The molecule has 1 aromatic carbocycles. The molecule has 1 aromatic rings. The van der Waals surface area contributed by atoms with Gasteiger partial charge in [0.25, 0.3) is 0 Å². The first kappa shape index (κ1) is 16.3. The van der Waals surface area contributed by atoms with Crippen LogP contribution in [0.1, 0.15) is 55.2 Å². The number of nitrogens with one attached hydrogen (secondary N) is 1. The number of aliphatic hydroxyl groups excluding tert-OH is 1. The monoisotopic (exact) mass is 291 g/mol. The van der Waals surface area contributed by atoms with Gasteiger partial charge in [0.15, 0.2) is 0 Å². The Morgan fingerprint density at radius 1 is 1.10 bits per heavy atom. The molecule has 118 valence electrons. The van der Waals surface area contributed by atoms with Crippen molar-refractivity contribution in [3.8, 4) is 5.75 Å². The predicted molar refractivity (Wildman–Crippen MR) is 86.8 cm³/mol. The predicted octanol–water partition coefficient (Wildman–Crippen LogP) is 3.49. The Hall–Kier alpha value is -1.06. The van der Waals surface area contributed by atoms with E-state index in [1.165, 1.54) is 29.5 Å². The number of ether oxygens (including phenoxy) is 1. The van der Waals surface area contributed by atoms with Crippen molar-refractivity contribution in [2.45, 2.75) is 65.0 Å². The maximum absolute atomic E-state index is 8.75. The molecule has 0 amide bonds. The molecule has 3 heteroatoms. The SMILES string of the molecule is Cc1cc(CNC2CC2)cc(C)c1OCCCCCCO. The molecule has 0 spiro atoms. The minimum Gasteiger partial charge on any atom is -0.493 e. The minimum absolute atomic E-state index is 0.301. The van der Waals surface area contributed by atoms with Gasteiger partial charge >= 0.3 is 0 Å². The average molecular weight is 291 g/mol. The van der Waals surface area contributed by atoms with Crippen LogP contribution in [0.15, 0.2) is 12.1 Å². The molecule has 1 aliphatic carbocycles. The minimum atomic E-state index is 0.301. The summed E-state index contributed by atoms with van der Waals surface area (Å²) in [5.74, 6) is 1.05. The zero-order chi connectivity index (χ0) is 15.1. The van der Waals surface area contributed by atoms with E-state index in [9.17, 15) is 0 Å². The summed E-state index contributed by atoms with van der Waals surface area (Å²) in [6.07, 6.45) is 6.83. The summed E-state index contributed by atoms with van der Waals surface area (Å²) in [5.41, 5.74) is 3.82. The molecule has 1 saturated carbocycles. The first-order chi connectivity index (χ1) is 10.2. The smallest absolute Gasteiger partial charge is 0.125 e. The van der Waals surface area contributed by atoms with Crippen LogP contribution < -0.4 is 10.1 Å². The molecule has 0 atom stereocenters. The van der Waals surface area contributed by atoms with E-state index in [2.05, 4.69) is 31.3 Å². The first-order valence-electron chi connectivity index (χ1n) is 8.28. The summed E-state index contributed by atoms with van der Waals surface area (Å²) in [4.78, 5) is 0. The van der Waals surface area contributed by atoms with Crippen LogP contribution in [0.3, 0.4) is 0 Å². The van der Waals surface area contributed by atoms with Gasteiger partial charge in [-0.05, 0) is 62.6 Å². The van der Waals surface area contributed by atoms with Gasteiger partial charge in [-0.25, -0.2) is 0 Å². The maximum atomic E-state index is 8.75. The Morgan fingerprint density at radius 2 is 1.76 bits per heavy atom. The van der Waals surface area contributed by atoms with Gasteiger partial charge in [-0.1, -0.05) is 18.6 Å². The van der Waals surface area contributed by atoms with Crippen LogP contribution in [-0.4, -0.2) is 24.4 Å². The number of hydrogen-bond donors (Lipinski definition) is 2. The lowest BCUT2D eigenvalue weighted by Gasteiger charge is -2.14. The van der Waals surface area contributed by atoms with Gasteiger partial charge in [-0.15, -0.1) is 0 Å². The summed E-state index contributed by atoms with van der Waals surface area (Å²) in [6.45, 7) is 6.30.